The Balaban J connectivity index is 4.09. The lowest BCUT2D eigenvalue weighted by atomic mass is 10.1. The largest absolute Gasteiger partial charge is 0.457 e. The molecule has 0 aliphatic rings. The molecular weight excluding hydrogens is 164 g/mol. The van der Waals surface area contributed by atoms with Crippen molar-refractivity contribution in [1.29, 1.82) is 0 Å². The van der Waals surface area contributed by atoms with Crippen molar-refractivity contribution >= 4 is 5.97 Å². The highest BCUT2D eigenvalue weighted by Gasteiger charge is 2.18. The van der Waals surface area contributed by atoms with E-state index in [0.717, 1.165) is 12.0 Å². The van der Waals surface area contributed by atoms with Crippen LogP contribution in [0.5, 0.6) is 0 Å². The molecule has 0 N–H and O–H groups in total. The van der Waals surface area contributed by atoms with Crippen LogP contribution in [0, 0.1) is 0 Å². The second-order valence-electron chi connectivity index (χ2n) is 3.71. The van der Waals surface area contributed by atoms with Gasteiger partial charge in [0, 0.05) is 6.08 Å². The maximum absolute atomic E-state index is 11.2. The van der Waals surface area contributed by atoms with E-state index < -0.39 is 0 Å². The fourth-order valence-electron chi connectivity index (χ4n) is 0.589. The van der Waals surface area contributed by atoms with Gasteiger partial charge in [-0.15, -0.1) is 0 Å². The molecule has 0 aromatic rings. The quantitative estimate of drug-likeness (QED) is 0.379. The average Bonchev–Trinajstić information content (AvgIpc) is 2.00. The Labute approximate surface area is 80.3 Å². The summed E-state index contributed by atoms with van der Waals surface area (Å²) in [5, 5.41) is 0. The van der Waals surface area contributed by atoms with Gasteiger partial charge in [0.2, 0.25) is 0 Å². The van der Waals surface area contributed by atoms with Gasteiger partial charge in [-0.25, -0.2) is 4.79 Å². The minimum absolute atomic E-state index is 0.310. The number of esters is 1. The number of ether oxygens (including phenoxy) is 1. The molecule has 2 heteroatoms. The van der Waals surface area contributed by atoms with Crippen LogP contribution in [0.15, 0.2) is 24.3 Å². The van der Waals surface area contributed by atoms with Crippen LogP contribution in [-0.2, 0) is 9.53 Å². The summed E-state index contributed by atoms with van der Waals surface area (Å²) < 4.78 is 5.17. The smallest absolute Gasteiger partial charge is 0.331 e. The van der Waals surface area contributed by atoms with Crippen LogP contribution in [0.25, 0.3) is 0 Å². The third-order valence-electron chi connectivity index (χ3n) is 1.73. The molecule has 0 amide bonds. The normalized spacial score (nSPS) is 11.7. The Morgan fingerprint density at radius 1 is 1.46 bits per heavy atom. The molecule has 0 fully saturated rings. The predicted molar refractivity (Wildman–Crippen MR) is 54.4 cm³/mol. The average molecular weight is 182 g/mol. The number of hydrogen-bond acceptors (Lipinski definition) is 2. The van der Waals surface area contributed by atoms with E-state index in [1.807, 2.05) is 27.7 Å². The molecule has 0 radical (unpaired) electrons. The summed E-state index contributed by atoms with van der Waals surface area (Å²) in [7, 11) is 0. The predicted octanol–water partition coefficient (Wildman–Crippen LogP) is 2.85. The van der Waals surface area contributed by atoms with Crippen LogP contribution in [0.2, 0.25) is 0 Å². The molecule has 0 saturated carbocycles. The maximum Gasteiger partial charge on any atom is 0.331 e. The molecule has 0 rings (SSSR count). The van der Waals surface area contributed by atoms with Gasteiger partial charge in [0.05, 0.1) is 0 Å². The molecule has 13 heavy (non-hydrogen) atoms. The summed E-state index contributed by atoms with van der Waals surface area (Å²) >= 11 is 0. The van der Waals surface area contributed by atoms with E-state index in [0.29, 0.717) is 0 Å². The van der Waals surface area contributed by atoms with Crippen molar-refractivity contribution in [3.63, 3.8) is 0 Å². The first-order valence-electron chi connectivity index (χ1n) is 4.44. The number of carbonyl (C=O) groups excluding carboxylic acids is 1. The molecule has 0 heterocycles. The molecular formula is C11H18O2. The zero-order valence-corrected chi connectivity index (χ0v) is 8.89. The van der Waals surface area contributed by atoms with Gasteiger partial charge in [0.1, 0.15) is 5.60 Å². The first-order chi connectivity index (χ1) is 5.87. The Hall–Kier alpha value is -1.05. The maximum atomic E-state index is 11.2. The van der Waals surface area contributed by atoms with E-state index in [1.54, 1.807) is 6.08 Å². The topological polar surface area (TPSA) is 26.3 Å². The summed E-state index contributed by atoms with van der Waals surface area (Å²) in [6, 6.07) is 0. The highest BCUT2D eigenvalue weighted by atomic mass is 16.6. The molecule has 0 aromatic heterocycles. The third kappa shape index (κ3) is 6.14. The van der Waals surface area contributed by atoms with Gasteiger partial charge in [-0.05, 0) is 27.2 Å². The first kappa shape index (κ1) is 11.9. The van der Waals surface area contributed by atoms with Crippen LogP contribution in [0.4, 0.5) is 0 Å². The lowest BCUT2D eigenvalue weighted by Crippen LogP contribution is -2.25. The Bertz CT molecular complexity index is 224. The van der Waals surface area contributed by atoms with Gasteiger partial charge >= 0.3 is 5.97 Å². The van der Waals surface area contributed by atoms with Gasteiger partial charge in [-0.3, -0.25) is 0 Å². The summed E-state index contributed by atoms with van der Waals surface area (Å²) in [5.74, 6) is -0.310. The van der Waals surface area contributed by atoms with Crippen molar-refractivity contribution in [3.05, 3.63) is 24.3 Å². The van der Waals surface area contributed by atoms with E-state index in [4.69, 9.17) is 4.74 Å². The van der Waals surface area contributed by atoms with Gasteiger partial charge in [-0.2, -0.15) is 0 Å². The van der Waals surface area contributed by atoms with Crippen molar-refractivity contribution in [3.8, 4) is 0 Å². The van der Waals surface area contributed by atoms with Crippen LogP contribution < -0.4 is 0 Å². The first-order valence-corrected chi connectivity index (χ1v) is 4.44. The zero-order chi connectivity index (χ0) is 10.5. The van der Waals surface area contributed by atoms with Gasteiger partial charge < -0.3 is 4.74 Å². The molecule has 0 aromatic carbocycles. The monoisotopic (exact) mass is 182 g/mol. The standard InChI is InChI=1S/C11H18O2/c1-6-11(4,5)13-10(12)8-7-9(2)3/h7-8H,2,6H2,1,3-5H3. The van der Waals surface area contributed by atoms with E-state index in [9.17, 15) is 4.79 Å². The van der Waals surface area contributed by atoms with E-state index >= 15 is 0 Å². The van der Waals surface area contributed by atoms with Crippen molar-refractivity contribution in [1.82, 2.24) is 0 Å². The number of hydrogen-bond donors (Lipinski definition) is 0. The van der Waals surface area contributed by atoms with Crippen molar-refractivity contribution < 1.29 is 9.53 Å². The molecule has 74 valence electrons. The van der Waals surface area contributed by atoms with Crippen molar-refractivity contribution in [2.45, 2.75) is 39.7 Å². The lowest BCUT2D eigenvalue weighted by Gasteiger charge is -2.22. The third-order valence-corrected chi connectivity index (χ3v) is 1.73. The Kier molecular flexibility index (Phi) is 4.46. The summed E-state index contributed by atoms with van der Waals surface area (Å²) in [6.07, 6.45) is 3.85. The zero-order valence-electron chi connectivity index (χ0n) is 8.89. The van der Waals surface area contributed by atoms with Crippen LogP contribution >= 0.6 is 0 Å². The van der Waals surface area contributed by atoms with Crippen LogP contribution in [0.1, 0.15) is 34.1 Å². The van der Waals surface area contributed by atoms with E-state index in [2.05, 4.69) is 6.58 Å². The van der Waals surface area contributed by atoms with E-state index in [-0.39, 0.29) is 11.6 Å². The fraction of sp³-hybridized carbons (Fsp3) is 0.545. The molecule has 0 aliphatic heterocycles. The fourth-order valence-corrected chi connectivity index (χ4v) is 0.589. The molecule has 0 saturated heterocycles. The van der Waals surface area contributed by atoms with Crippen molar-refractivity contribution in [2.75, 3.05) is 0 Å². The minimum atomic E-state index is -0.378. The van der Waals surface area contributed by atoms with Crippen LogP contribution in [-0.4, -0.2) is 11.6 Å². The molecule has 0 spiro atoms. The molecule has 2 nitrogen and oxygen atoms in total. The number of rotatable bonds is 4. The number of allylic oxidation sites excluding steroid dienone is 2. The second-order valence-corrected chi connectivity index (χ2v) is 3.71. The van der Waals surface area contributed by atoms with Crippen molar-refractivity contribution in [2.24, 2.45) is 0 Å². The summed E-state index contributed by atoms with van der Waals surface area (Å²) in [5.41, 5.74) is 0.461. The highest BCUT2D eigenvalue weighted by Crippen LogP contribution is 2.13. The summed E-state index contributed by atoms with van der Waals surface area (Å²) in [6.45, 7) is 11.2. The second kappa shape index (κ2) is 4.85. The minimum Gasteiger partial charge on any atom is -0.457 e. The molecule has 0 unspecified atom stereocenters. The van der Waals surface area contributed by atoms with E-state index in [1.165, 1.54) is 6.08 Å². The van der Waals surface area contributed by atoms with Gasteiger partial charge in [-0.1, -0.05) is 25.2 Å². The Morgan fingerprint density at radius 2 is 2.00 bits per heavy atom. The molecule has 0 atom stereocenters. The molecule has 0 bridgehead atoms. The van der Waals surface area contributed by atoms with Gasteiger partial charge in [0.25, 0.3) is 0 Å². The highest BCUT2D eigenvalue weighted by molar-refractivity contribution is 5.82. The summed E-state index contributed by atoms with van der Waals surface area (Å²) in [4.78, 5) is 11.2. The SMILES string of the molecule is C=C(C)C=CC(=O)OC(C)(C)CC. The van der Waals surface area contributed by atoms with Gasteiger partial charge in [0.15, 0.2) is 0 Å². The Morgan fingerprint density at radius 3 is 2.38 bits per heavy atom. The lowest BCUT2D eigenvalue weighted by molar-refractivity contribution is -0.150. The number of carbonyl (C=O) groups is 1. The van der Waals surface area contributed by atoms with Crippen LogP contribution in [0.3, 0.4) is 0 Å². The molecule has 0 aliphatic carbocycles.